The maximum absolute atomic E-state index is 12.1. The van der Waals surface area contributed by atoms with Crippen LogP contribution in [0.2, 0.25) is 0 Å². The Kier molecular flexibility index (Phi) is 3.05. The van der Waals surface area contributed by atoms with Crippen molar-refractivity contribution in [2.45, 2.75) is 18.9 Å². The van der Waals surface area contributed by atoms with E-state index in [4.69, 9.17) is 5.73 Å². The van der Waals surface area contributed by atoms with E-state index in [9.17, 15) is 9.90 Å². The number of carbonyl (C=O) groups excluding carboxylic acids is 1. The van der Waals surface area contributed by atoms with Gasteiger partial charge < -0.3 is 15.7 Å². The third kappa shape index (κ3) is 2.14. The lowest BCUT2D eigenvalue weighted by atomic mass is 10.1. The van der Waals surface area contributed by atoms with Crippen molar-refractivity contribution in [3.63, 3.8) is 0 Å². The fraction of sp³-hybridized carbons (Fsp3) is 0.455. The average Bonchev–Trinajstić information content (AvgIpc) is 2.30. The normalized spacial score (nSPS) is 17.4. The van der Waals surface area contributed by atoms with Gasteiger partial charge in [0.1, 0.15) is 0 Å². The van der Waals surface area contributed by atoms with Crippen LogP contribution in [0.25, 0.3) is 0 Å². The number of nitrogens with two attached hydrogens (primary N) is 1. The lowest BCUT2D eigenvalue weighted by molar-refractivity contribution is 0.0547. The summed E-state index contributed by atoms with van der Waals surface area (Å²) in [5.74, 6) is -0.0995. The molecule has 0 atom stereocenters. The van der Waals surface area contributed by atoms with Crippen LogP contribution in [0.3, 0.4) is 0 Å². The van der Waals surface area contributed by atoms with Crippen LogP contribution in [0.5, 0.6) is 0 Å². The van der Waals surface area contributed by atoms with Crippen LogP contribution < -0.4 is 5.73 Å². The van der Waals surface area contributed by atoms with Gasteiger partial charge in [-0.2, -0.15) is 0 Å². The van der Waals surface area contributed by atoms with Crippen LogP contribution in [-0.4, -0.2) is 40.1 Å². The molecule has 0 unspecified atom stereocenters. The first kappa shape index (κ1) is 10.9. The molecule has 0 aliphatic carbocycles. The van der Waals surface area contributed by atoms with Crippen LogP contribution in [0.1, 0.15) is 23.2 Å². The second-order valence-corrected chi connectivity index (χ2v) is 3.99. The van der Waals surface area contributed by atoms with Gasteiger partial charge in [-0.3, -0.25) is 9.78 Å². The maximum atomic E-state index is 12.1. The van der Waals surface area contributed by atoms with Gasteiger partial charge in [0.2, 0.25) is 0 Å². The highest BCUT2D eigenvalue weighted by molar-refractivity contribution is 5.98. The molecule has 1 saturated heterocycles. The third-order valence-corrected chi connectivity index (χ3v) is 2.84. The molecule has 0 saturated carbocycles. The molecule has 1 aromatic heterocycles. The van der Waals surface area contributed by atoms with Gasteiger partial charge in [0.15, 0.2) is 0 Å². The van der Waals surface area contributed by atoms with Crippen molar-refractivity contribution < 1.29 is 9.90 Å². The van der Waals surface area contributed by atoms with Gasteiger partial charge in [-0.25, -0.2) is 0 Å². The second-order valence-electron chi connectivity index (χ2n) is 3.99. The summed E-state index contributed by atoms with van der Waals surface area (Å²) in [6.07, 6.45) is 4.03. The molecule has 0 bridgehead atoms. The van der Waals surface area contributed by atoms with Crippen molar-refractivity contribution in [1.29, 1.82) is 0 Å². The fourth-order valence-corrected chi connectivity index (χ4v) is 1.82. The summed E-state index contributed by atoms with van der Waals surface area (Å²) in [5, 5.41) is 9.36. The molecule has 5 nitrogen and oxygen atoms in total. The first-order chi connectivity index (χ1) is 7.68. The number of nitrogen functional groups attached to an aromatic ring is 1. The minimum atomic E-state index is -0.282. The number of aliphatic hydroxyl groups excluding tert-OH is 1. The molecule has 3 N–H and O–H groups in total. The molecule has 0 radical (unpaired) electrons. The number of rotatable bonds is 1. The molecular formula is C11H15N3O2. The summed E-state index contributed by atoms with van der Waals surface area (Å²) in [7, 11) is 0. The Morgan fingerprint density at radius 1 is 1.50 bits per heavy atom. The third-order valence-electron chi connectivity index (χ3n) is 2.84. The van der Waals surface area contributed by atoms with Gasteiger partial charge in [0, 0.05) is 31.2 Å². The number of piperidine rings is 1. The van der Waals surface area contributed by atoms with Crippen molar-refractivity contribution in [2.75, 3.05) is 18.8 Å². The first-order valence-electron chi connectivity index (χ1n) is 5.35. The molecule has 16 heavy (non-hydrogen) atoms. The first-order valence-corrected chi connectivity index (χ1v) is 5.35. The zero-order chi connectivity index (χ0) is 11.5. The number of aliphatic hydroxyl groups is 1. The topological polar surface area (TPSA) is 79.5 Å². The molecule has 1 fully saturated rings. The van der Waals surface area contributed by atoms with Crippen molar-refractivity contribution in [1.82, 2.24) is 9.88 Å². The van der Waals surface area contributed by atoms with Gasteiger partial charge in [-0.1, -0.05) is 0 Å². The Morgan fingerprint density at radius 3 is 2.81 bits per heavy atom. The highest BCUT2D eigenvalue weighted by Gasteiger charge is 2.23. The Labute approximate surface area is 93.9 Å². The van der Waals surface area contributed by atoms with Gasteiger partial charge in [-0.15, -0.1) is 0 Å². The highest BCUT2D eigenvalue weighted by atomic mass is 16.3. The minimum absolute atomic E-state index is 0.0995. The van der Waals surface area contributed by atoms with E-state index in [0.29, 0.717) is 37.2 Å². The molecule has 2 rings (SSSR count). The molecule has 1 aromatic rings. The zero-order valence-corrected chi connectivity index (χ0v) is 8.97. The lowest BCUT2D eigenvalue weighted by Gasteiger charge is -2.29. The van der Waals surface area contributed by atoms with Crippen LogP contribution in [0.15, 0.2) is 18.5 Å². The number of nitrogens with zero attached hydrogens (tertiary/aromatic N) is 2. The van der Waals surface area contributed by atoms with E-state index >= 15 is 0 Å². The van der Waals surface area contributed by atoms with Crippen molar-refractivity contribution in [3.8, 4) is 0 Å². The van der Waals surface area contributed by atoms with Crippen LogP contribution >= 0.6 is 0 Å². The minimum Gasteiger partial charge on any atom is -0.398 e. The summed E-state index contributed by atoms with van der Waals surface area (Å²) in [5.41, 5.74) is 6.61. The summed E-state index contributed by atoms with van der Waals surface area (Å²) >= 11 is 0. The predicted molar refractivity (Wildman–Crippen MR) is 59.8 cm³/mol. The molecule has 0 spiro atoms. The van der Waals surface area contributed by atoms with Gasteiger partial charge in [-0.05, 0) is 18.9 Å². The second kappa shape index (κ2) is 4.49. The van der Waals surface area contributed by atoms with E-state index in [1.165, 1.54) is 6.20 Å². The number of hydrogen-bond acceptors (Lipinski definition) is 4. The van der Waals surface area contributed by atoms with Crippen LogP contribution in [0, 0.1) is 0 Å². The molecule has 5 heteroatoms. The van der Waals surface area contributed by atoms with Crippen LogP contribution in [-0.2, 0) is 0 Å². The SMILES string of the molecule is Nc1ccncc1C(=O)N1CCC(O)CC1. The molecule has 0 aromatic carbocycles. The van der Waals surface area contributed by atoms with Gasteiger partial charge >= 0.3 is 0 Å². The smallest absolute Gasteiger partial charge is 0.257 e. The Bertz CT molecular complexity index is 387. The van der Waals surface area contributed by atoms with E-state index in [2.05, 4.69) is 4.98 Å². The largest absolute Gasteiger partial charge is 0.398 e. The molecule has 1 aliphatic heterocycles. The average molecular weight is 221 g/mol. The highest BCUT2D eigenvalue weighted by Crippen LogP contribution is 2.16. The summed E-state index contributed by atoms with van der Waals surface area (Å²) < 4.78 is 0. The maximum Gasteiger partial charge on any atom is 0.257 e. The number of aromatic nitrogens is 1. The Balaban J connectivity index is 2.11. The Morgan fingerprint density at radius 2 is 2.19 bits per heavy atom. The number of amides is 1. The predicted octanol–water partition coefficient (Wildman–Crippen LogP) is 0.261. The van der Waals surface area contributed by atoms with E-state index in [1.54, 1.807) is 17.2 Å². The standard InChI is InChI=1S/C11H15N3O2/c12-10-1-4-13-7-9(10)11(16)14-5-2-8(15)3-6-14/h1,4,7-8,15H,2-3,5-6H2,(H2,12,13). The zero-order valence-electron chi connectivity index (χ0n) is 8.97. The van der Waals surface area contributed by atoms with Crippen LogP contribution in [0.4, 0.5) is 5.69 Å². The summed E-state index contributed by atoms with van der Waals surface area (Å²) in [4.78, 5) is 17.7. The molecular weight excluding hydrogens is 206 g/mol. The molecule has 1 aliphatic rings. The van der Waals surface area contributed by atoms with E-state index in [-0.39, 0.29) is 12.0 Å². The number of pyridine rings is 1. The van der Waals surface area contributed by atoms with Crippen molar-refractivity contribution >= 4 is 11.6 Å². The summed E-state index contributed by atoms with van der Waals surface area (Å²) in [6.45, 7) is 1.16. The van der Waals surface area contributed by atoms with Crippen molar-refractivity contribution in [3.05, 3.63) is 24.0 Å². The number of anilines is 1. The molecule has 1 amide bonds. The van der Waals surface area contributed by atoms with Crippen molar-refractivity contribution in [2.24, 2.45) is 0 Å². The number of carbonyl (C=O) groups is 1. The molecule has 86 valence electrons. The Hall–Kier alpha value is -1.62. The summed E-state index contributed by atoms with van der Waals surface area (Å²) in [6, 6.07) is 1.62. The number of hydrogen-bond donors (Lipinski definition) is 2. The fourth-order valence-electron chi connectivity index (χ4n) is 1.82. The molecule has 2 heterocycles. The number of likely N-dealkylation sites (tertiary alicyclic amines) is 1. The van der Waals surface area contributed by atoms with Gasteiger partial charge in [0.25, 0.3) is 5.91 Å². The van der Waals surface area contributed by atoms with Gasteiger partial charge in [0.05, 0.1) is 11.7 Å². The van der Waals surface area contributed by atoms with E-state index < -0.39 is 0 Å². The quantitative estimate of drug-likeness (QED) is 0.713. The van der Waals surface area contributed by atoms with E-state index in [0.717, 1.165) is 0 Å². The monoisotopic (exact) mass is 221 g/mol. The van der Waals surface area contributed by atoms with E-state index in [1.807, 2.05) is 0 Å². The lowest BCUT2D eigenvalue weighted by Crippen LogP contribution is -2.40.